The maximum absolute atomic E-state index is 13.0. The van der Waals surface area contributed by atoms with Gasteiger partial charge in [-0.3, -0.25) is 14.5 Å². The molecule has 0 N–H and O–H groups in total. The van der Waals surface area contributed by atoms with E-state index < -0.39 is 0 Å². The SMILES string of the molecule is Cc1cccc(COc2c(Br)cc(/C=C3\SC(=O)N(CCOc4cc(C)ccc4C(C)C)C3=O)cc2Br)c1. The molecule has 0 bridgehead atoms. The van der Waals surface area contributed by atoms with E-state index in [4.69, 9.17) is 9.47 Å². The highest BCUT2D eigenvalue weighted by atomic mass is 79.9. The van der Waals surface area contributed by atoms with E-state index in [-0.39, 0.29) is 24.3 Å². The van der Waals surface area contributed by atoms with Gasteiger partial charge in [-0.2, -0.15) is 0 Å². The Balaban J connectivity index is 1.41. The molecule has 0 atom stereocenters. The highest BCUT2D eigenvalue weighted by Crippen LogP contribution is 2.38. The highest BCUT2D eigenvalue weighted by molar-refractivity contribution is 9.11. The molecule has 3 aromatic carbocycles. The van der Waals surface area contributed by atoms with Crippen LogP contribution in [-0.2, 0) is 11.4 Å². The van der Waals surface area contributed by atoms with Crippen LogP contribution >= 0.6 is 43.6 Å². The van der Waals surface area contributed by atoms with Crippen LogP contribution in [0.4, 0.5) is 4.79 Å². The summed E-state index contributed by atoms with van der Waals surface area (Å²) in [4.78, 5) is 27.3. The van der Waals surface area contributed by atoms with Gasteiger partial charge in [0.25, 0.3) is 11.1 Å². The molecule has 1 fully saturated rings. The van der Waals surface area contributed by atoms with Crippen molar-refractivity contribution in [2.75, 3.05) is 13.2 Å². The summed E-state index contributed by atoms with van der Waals surface area (Å²) in [5.41, 5.74) is 5.23. The lowest BCUT2D eigenvalue weighted by Crippen LogP contribution is -2.32. The molecule has 0 saturated carbocycles. The van der Waals surface area contributed by atoms with Crippen LogP contribution in [0.2, 0.25) is 0 Å². The largest absolute Gasteiger partial charge is 0.491 e. The van der Waals surface area contributed by atoms with Crippen LogP contribution < -0.4 is 9.47 Å². The van der Waals surface area contributed by atoms with Crippen molar-refractivity contribution in [1.29, 1.82) is 0 Å². The van der Waals surface area contributed by atoms with Crippen LogP contribution in [0.3, 0.4) is 0 Å². The van der Waals surface area contributed by atoms with Crippen LogP contribution in [0, 0.1) is 13.8 Å². The minimum Gasteiger partial charge on any atom is -0.491 e. The number of hydrogen-bond donors (Lipinski definition) is 0. The molecular formula is C30H29Br2NO4S. The summed E-state index contributed by atoms with van der Waals surface area (Å²) in [6.07, 6.45) is 1.73. The Morgan fingerprint density at radius 3 is 2.34 bits per heavy atom. The second-order valence-electron chi connectivity index (χ2n) is 9.47. The normalized spacial score (nSPS) is 14.6. The number of carbonyl (C=O) groups excluding carboxylic acids is 2. The average Bonchev–Trinajstić information content (AvgIpc) is 3.10. The first-order chi connectivity index (χ1) is 18.1. The van der Waals surface area contributed by atoms with Gasteiger partial charge in [-0.25, -0.2) is 0 Å². The van der Waals surface area contributed by atoms with Crippen molar-refractivity contribution in [3.05, 3.63) is 96.3 Å². The molecule has 1 heterocycles. The summed E-state index contributed by atoms with van der Waals surface area (Å²) in [5.74, 6) is 1.46. The second kappa shape index (κ2) is 12.5. The third-order valence-corrected chi connectivity index (χ3v) is 8.11. The molecule has 3 aromatic rings. The van der Waals surface area contributed by atoms with Gasteiger partial charge in [-0.1, -0.05) is 55.8 Å². The molecule has 0 aromatic heterocycles. The minimum absolute atomic E-state index is 0.187. The number of nitrogens with zero attached hydrogens (tertiary/aromatic N) is 1. The number of halogens is 2. The van der Waals surface area contributed by atoms with Crippen molar-refractivity contribution in [3.63, 3.8) is 0 Å². The van der Waals surface area contributed by atoms with Crippen LogP contribution in [0.25, 0.3) is 6.08 Å². The Labute approximate surface area is 244 Å². The standard InChI is InChI=1S/C30H29Br2NO4S/c1-18(2)23-9-8-20(4)13-26(23)36-11-10-33-29(34)27(38-30(33)35)16-22-14-24(31)28(25(32)15-22)37-17-21-7-5-6-19(3)12-21/h5-9,12-16,18H,10-11,17H2,1-4H3/b27-16-. The molecular weight excluding hydrogens is 630 g/mol. The van der Waals surface area contributed by atoms with E-state index in [1.54, 1.807) is 6.08 Å². The Morgan fingerprint density at radius 2 is 1.66 bits per heavy atom. The predicted octanol–water partition coefficient (Wildman–Crippen LogP) is 8.65. The predicted molar refractivity (Wildman–Crippen MR) is 161 cm³/mol. The molecule has 198 valence electrons. The van der Waals surface area contributed by atoms with E-state index in [1.807, 2.05) is 50.2 Å². The number of benzene rings is 3. The van der Waals surface area contributed by atoms with Crippen molar-refractivity contribution >= 4 is 60.8 Å². The van der Waals surface area contributed by atoms with Gasteiger partial charge >= 0.3 is 0 Å². The number of thioether (sulfide) groups is 1. The van der Waals surface area contributed by atoms with E-state index in [1.165, 1.54) is 10.5 Å². The second-order valence-corrected chi connectivity index (χ2v) is 12.2. The Morgan fingerprint density at radius 1 is 0.947 bits per heavy atom. The van der Waals surface area contributed by atoms with E-state index in [0.717, 1.165) is 48.7 Å². The number of amides is 2. The summed E-state index contributed by atoms with van der Waals surface area (Å²) in [5, 5.41) is -0.297. The van der Waals surface area contributed by atoms with Gasteiger partial charge in [0, 0.05) is 0 Å². The van der Waals surface area contributed by atoms with Gasteiger partial charge in [-0.15, -0.1) is 0 Å². The number of ether oxygens (including phenoxy) is 2. The lowest BCUT2D eigenvalue weighted by atomic mass is 10.0. The van der Waals surface area contributed by atoms with E-state index in [2.05, 4.69) is 63.9 Å². The Bertz CT molecular complexity index is 1380. The summed E-state index contributed by atoms with van der Waals surface area (Å²) in [6.45, 7) is 9.13. The fourth-order valence-corrected chi connectivity index (χ4v) is 6.41. The Hall–Kier alpha value is -2.55. The molecule has 1 aliphatic heterocycles. The molecule has 4 rings (SSSR count). The number of rotatable bonds is 9. The molecule has 0 unspecified atom stereocenters. The molecule has 1 saturated heterocycles. The summed E-state index contributed by atoms with van der Waals surface area (Å²) in [6, 6.07) is 18.0. The van der Waals surface area contributed by atoms with Gasteiger partial charge in [0.15, 0.2) is 0 Å². The summed E-state index contributed by atoms with van der Waals surface area (Å²) < 4.78 is 13.5. The fourth-order valence-electron chi connectivity index (χ4n) is 4.09. The molecule has 0 radical (unpaired) electrons. The van der Waals surface area contributed by atoms with Crippen molar-refractivity contribution < 1.29 is 19.1 Å². The number of aryl methyl sites for hydroxylation is 2. The average molecular weight is 659 g/mol. The first-order valence-electron chi connectivity index (χ1n) is 12.3. The van der Waals surface area contributed by atoms with Gasteiger partial charge in [0.2, 0.25) is 0 Å². The number of imide groups is 1. The number of hydrogen-bond acceptors (Lipinski definition) is 5. The quantitative estimate of drug-likeness (QED) is 0.215. The van der Waals surface area contributed by atoms with Crippen LogP contribution in [0.15, 0.2) is 68.4 Å². The minimum atomic E-state index is -0.316. The van der Waals surface area contributed by atoms with Gasteiger partial charge < -0.3 is 9.47 Å². The van der Waals surface area contributed by atoms with Gasteiger partial charge in [-0.05, 0) is 110 Å². The number of carbonyl (C=O) groups is 2. The molecule has 38 heavy (non-hydrogen) atoms. The zero-order valence-electron chi connectivity index (χ0n) is 21.7. The molecule has 0 spiro atoms. The fraction of sp³-hybridized carbons (Fsp3) is 0.267. The molecule has 8 heteroatoms. The van der Waals surface area contributed by atoms with Gasteiger partial charge in [0.05, 0.1) is 20.4 Å². The lowest BCUT2D eigenvalue weighted by molar-refractivity contribution is -0.123. The molecule has 2 amide bonds. The lowest BCUT2D eigenvalue weighted by Gasteiger charge is -2.17. The Kier molecular flexibility index (Phi) is 9.39. The van der Waals surface area contributed by atoms with Gasteiger partial charge in [0.1, 0.15) is 24.7 Å². The third kappa shape index (κ3) is 6.90. The van der Waals surface area contributed by atoms with E-state index in [9.17, 15) is 9.59 Å². The van der Waals surface area contributed by atoms with E-state index >= 15 is 0 Å². The zero-order chi connectivity index (χ0) is 27.4. The smallest absolute Gasteiger partial charge is 0.293 e. The van der Waals surface area contributed by atoms with Crippen LogP contribution in [-0.4, -0.2) is 29.2 Å². The summed E-state index contributed by atoms with van der Waals surface area (Å²) in [7, 11) is 0. The zero-order valence-corrected chi connectivity index (χ0v) is 25.7. The van der Waals surface area contributed by atoms with Crippen molar-refractivity contribution in [2.45, 2.75) is 40.2 Å². The maximum atomic E-state index is 13.0. The first kappa shape index (κ1) is 28.5. The van der Waals surface area contributed by atoms with Crippen molar-refractivity contribution in [1.82, 2.24) is 4.90 Å². The van der Waals surface area contributed by atoms with Crippen molar-refractivity contribution in [3.8, 4) is 11.5 Å². The molecule has 0 aliphatic carbocycles. The van der Waals surface area contributed by atoms with E-state index in [0.29, 0.717) is 23.2 Å². The summed E-state index contributed by atoms with van der Waals surface area (Å²) >= 11 is 8.10. The third-order valence-electron chi connectivity index (χ3n) is 6.02. The highest BCUT2D eigenvalue weighted by Gasteiger charge is 2.35. The van der Waals surface area contributed by atoms with Crippen molar-refractivity contribution in [2.24, 2.45) is 0 Å². The first-order valence-corrected chi connectivity index (χ1v) is 14.7. The maximum Gasteiger partial charge on any atom is 0.293 e. The molecule has 5 nitrogen and oxygen atoms in total. The van der Waals surface area contributed by atoms with Crippen LogP contribution in [0.5, 0.6) is 11.5 Å². The topological polar surface area (TPSA) is 55.8 Å². The molecule has 1 aliphatic rings. The van der Waals surface area contributed by atoms with Crippen LogP contribution in [0.1, 0.15) is 47.6 Å². The monoisotopic (exact) mass is 657 g/mol.